The average Bonchev–Trinajstić information content (AvgIpc) is 2.75. The molecule has 0 amide bonds. The van der Waals surface area contributed by atoms with Crippen LogP contribution in [0.2, 0.25) is 0 Å². The molecule has 0 aliphatic heterocycles. The highest BCUT2D eigenvalue weighted by molar-refractivity contribution is 5.86. The Morgan fingerprint density at radius 3 is 2.57 bits per heavy atom. The van der Waals surface area contributed by atoms with Crippen molar-refractivity contribution in [2.24, 2.45) is 5.73 Å². The molecule has 6 heteroatoms. The molecule has 23 heavy (non-hydrogen) atoms. The maximum absolute atomic E-state index is 12.0. The first-order valence-corrected chi connectivity index (χ1v) is 7.44. The molecule has 1 aromatic heterocycles. The third-order valence-corrected chi connectivity index (χ3v) is 3.35. The molecule has 3 N–H and O–H groups in total. The monoisotopic (exact) mass is 318 g/mol. The molecule has 0 radical (unpaired) electrons. The molecule has 1 atom stereocenters. The number of carboxylic acid groups (broad SMARTS) is 1. The first-order chi connectivity index (χ1) is 10.7. The molecule has 0 saturated carbocycles. The molecule has 1 aromatic carbocycles. The number of esters is 1. The second kappa shape index (κ2) is 6.42. The van der Waals surface area contributed by atoms with Gasteiger partial charge in [0.05, 0.1) is 0 Å². The van der Waals surface area contributed by atoms with Crippen molar-refractivity contribution < 1.29 is 19.4 Å². The lowest BCUT2D eigenvalue weighted by atomic mass is 10.1. The number of rotatable bonds is 5. The maximum Gasteiger partial charge on any atom is 0.326 e. The Hall–Kier alpha value is -2.34. The summed E-state index contributed by atoms with van der Waals surface area (Å²) in [6, 6.07) is 6.54. The highest BCUT2D eigenvalue weighted by atomic mass is 16.6. The largest absolute Gasteiger partial charge is 0.480 e. The number of ether oxygens (including phenoxy) is 1. The molecule has 124 valence electrons. The Morgan fingerprint density at radius 2 is 1.96 bits per heavy atom. The van der Waals surface area contributed by atoms with E-state index < -0.39 is 17.6 Å². The number of aliphatic carboxylic acids is 1. The molecule has 0 saturated heterocycles. The third kappa shape index (κ3) is 4.32. The number of hydrogen-bond acceptors (Lipinski definition) is 4. The number of carboxylic acids is 1. The number of hydrogen-bond donors (Lipinski definition) is 2. The van der Waals surface area contributed by atoms with Crippen LogP contribution in [0, 0.1) is 0 Å². The summed E-state index contributed by atoms with van der Waals surface area (Å²) < 4.78 is 7.11. The predicted molar refractivity (Wildman–Crippen MR) is 87.1 cm³/mol. The summed E-state index contributed by atoms with van der Waals surface area (Å²) in [6.45, 7) is 5.52. The van der Waals surface area contributed by atoms with Gasteiger partial charge in [0.15, 0.2) is 0 Å². The second-order valence-electron chi connectivity index (χ2n) is 6.53. The van der Waals surface area contributed by atoms with Crippen molar-refractivity contribution in [2.75, 3.05) is 0 Å². The minimum atomic E-state index is -1.05. The fourth-order valence-corrected chi connectivity index (χ4v) is 2.45. The summed E-state index contributed by atoms with van der Waals surface area (Å²) in [5, 5.41) is 9.89. The highest BCUT2D eigenvalue weighted by Crippen LogP contribution is 2.23. The first-order valence-electron chi connectivity index (χ1n) is 7.44. The lowest BCUT2D eigenvalue weighted by Gasteiger charge is -2.19. The Labute approximate surface area is 134 Å². The van der Waals surface area contributed by atoms with Gasteiger partial charge in [-0.05, 0) is 32.4 Å². The van der Waals surface area contributed by atoms with E-state index in [0.717, 1.165) is 16.5 Å². The zero-order valence-electron chi connectivity index (χ0n) is 13.6. The number of benzene rings is 1. The van der Waals surface area contributed by atoms with E-state index in [4.69, 9.17) is 15.6 Å². The molecular weight excluding hydrogens is 296 g/mol. The highest BCUT2D eigenvalue weighted by Gasteiger charge is 2.20. The first kappa shape index (κ1) is 17.0. The summed E-state index contributed by atoms with van der Waals surface area (Å²) in [5.41, 5.74) is 6.74. The second-order valence-corrected chi connectivity index (χ2v) is 6.53. The Morgan fingerprint density at radius 1 is 1.30 bits per heavy atom. The van der Waals surface area contributed by atoms with Crippen LogP contribution in [0.1, 0.15) is 26.3 Å². The minimum absolute atomic E-state index is 0.0695. The van der Waals surface area contributed by atoms with E-state index in [9.17, 15) is 9.59 Å². The van der Waals surface area contributed by atoms with E-state index in [1.165, 1.54) is 0 Å². The summed E-state index contributed by atoms with van der Waals surface area (Å²) in [4.78, 5) is 23.0. The summed E-state index contributed by atoms with van der Waals surface area (Å²) in [6.07, 6.45) is 1.98. The van der Waals surface area contributed by atoms with Crippen molar-refractivity contribution in [3.8, 4) is 0 Å². The summed E-state index contributed by atoms with van der Waals surface area (Å²) in [5.74, 6) is -1.39. The van der Waals surface area contributed by atoms with Crippen LogP contribution in [0.25, 0.3) is 10.9 Å². The van der Waals surface area contributed by atoms with Crippen LogP contribution in [-0.4, -0.2) is 33.3 Å². The van der Waals surface area contributed by atoms with Crippen LogP contribution in [0.15, 0.2) is 30.5 Å². The third-order valence-electron chi connectivity index (χ3n) is 3.35. The van der Waals surface area contributed by atoms with Gasteiger partial charge in [0.2, 0.25) is 0 Å². The Balaban J connectivity index is 2.30. The number of nitrogens with two attached hydrogens (primary N) is 1. The van der Waals surface area contributed by atoms with Gasteiger partial charge in [-0.2, -0.15) is 0 Å². The number of para-hydroxylation sites is 1. The molecule has 2 aromatic rings. The molecule has 0 aliphatic rings. The van der Waals surface area contributed by atoms with Gasteiger partial charge >= 0.3 is 11.9 Å². The average molecular weight is 318 g/mol. The number of carbonyl (C=O) groups excluding carboxylic acids is 1. The molecule has 1 heterocycles. The van der Waals surface area contributed by atoms with E-state index >= 15 is 0 Å². The molecule has 0 spiro atoms. The molecule has 0 aliphatic carbocycles. The zero-order chi connectivity index (χ0) is 17.2. The normalized spacial score (nSPS) is 13.0. The molecular formula is C17H22N2O4. The van der Waals surface area contributed by atoms with Gasteiger partial charge in [-0.1, -0.05) is 18.2 Å². The minimum Gasteiger partial charge on any atom is -0.480 e. The van der Waals surface area contributed by atoms with Gasteiger partial charge in [0, 0.05) is 23.5 Å². The molecule has 6 nitrogen and oxygen atoms in total. The standard InChI is InChI=1S/C17H22N2O4/c1-17(2,3)23-15(20)10-19-9-11(8-13(18)16(21)22)12-6-4-5-7-14(12)19/h4-7,9,13H,8,10,18H2,1-3H3,(H,21,22)/t13-/m1/s1. The van der Waals surface area contributed by atoms with Crippen molar-refractivity contribution in [1.82, 2.24) is 4.57 Å². The van der Waals surface area contributed by atoms with Crippen LogP contribution >= 0.6 is 0 Å². The van der Waals surface area contributed by atoms with Gasteiger partial charge in [-0.15, -0.1) is 0 Å². The van der Waals surface area contributed by atoms with E-state index in [1.54, 1.807) is 10.8 Å². The fourth-order valence-electron chi connectivity index (χ4n) is 2.45. The van der Waals surface area contributed by atoms with E-state index in [-0.39, 0.29) is 18.9 Å². The zero-order valence-corrected chi connectivity index (χ0v) is 13.6. The van der Waals surface area contributed by atoms with Gasteiger partial charge in [-0.25, -0.2) is 0 Å². The predicted octanol–water partition coefficient (Wildman–Crippen LogP) is 1.94. The Kier molecular flexibility index (Phi) is 4.75. The molecule has 0 fully saturated rings. The number of aromatic nitrogens is 1. The van der Waals surface area contributed by atoms with Crippen molar-refractivity contribution in [3.05, 3.63) is 36.0 Å². The quantitative estimate of drug-likeness (QED) is 0.822. The van der Waals surface area contributed by atoms with E-state index in [0.29, 0.717) is 0 Å². The topological polar surface area (TPSA) is 94.5 Å². The summed E-state index contributed by atoms with van der Waals surface area (Å²) >= 11 is 0. The Bertz CT molecular complexity index is 728. The number of nitrogens with zero attached hydrogens (tertiary/aromatic N) is 1. The van der Waals surface area contributed by atoms with Crippen LogP contribution in [0.5, 0.6) is 0 Å². The van der Waals surface area contributed by atoms with Crippen LogP contribution in [0.4, 0.5) is 0 Å². The van der Waals surface area contributed by atoms with Gasteiger partial charge < -0.3 is 20.1 Å². The van der Waals surface area contributed by atoms with E-state index in [1.807, 2.05) is 45.0 Å². The summed E-state index contributed by atoms with van der Waals surface area (Å²) in [7, 11) is 0. The van der Waals surface area contributed by atoms with Crippen molar-refractivity contribution in [2.45, 2.75) is 45.4 Å². The van der Waals surface area contributed by atoms with Gasteiger partial charge in [0.1, 0.15) is 18.2 Å². The van der Waals surface area contributed by atoms with Crippen LogP contribution in [-0.2, 0) is 27.3 Å². The maximum atomic E-state index is 12.0. The molecule has 2 rings (SSSR count). The molecule has 0 bridgehead atoms. The van der Waals surface area contributed by atoms with Crippen molar-refractivity contribution in [1.29, 1.82) is 0 Å². The van der Waals surface area contributed by atoms with Crippen LogP contribution < -0.4 is 5.73 Å². The lowest BCUT2D eigenvalue weighted by molar-refractivity contribution is -0.155. The van der Waals surface area contributed by atoms with Crippen molar-refractivity contribution in [3.63, 3.8) is 0 Å². The van der Waals surface area contributed by atoms with Gasteiger partial charge in [-0.3, -0.25) is 9.59 Å². The van der Waals surface area contributed by atoms with Gasteiger partial charge in [0.25, 0.3) is 0 Å². The van der Waals surface area contributed by atoms with E-state index in [2.05, 4.69) is 0 Å². The number of carbonyl (C=O) groups is 2. The van der Waals surface area contributed by atoms with Crippen LogP contribution in [0.3, 0.4) is 0 Å². The molecule has 0 unspecified atom stereocenters. The smallest absolute Gasteiger partial charge is 0.326 e. The SMILES string of the molecule is CC(C)(C)OC(=O)Cn1cc(C[C@@H](N)C(=O)O)c2ccccc21. The number of fused-ring (bicyclic) bond motifs is 1. The fraction of sp³-hybridized carbons (Fsp3) is 0.412. The van der Waals surface area contributed by atoms with Crippen molar-refractivity contribution >= 4 is 22.8 Å². The lowest BCUT2D eigenvalue weighted by Crippen LogP contribution is -2.32.